The molecule has 0 heterocycles. The van der Waals surface area contributed by atoms with Gasteiger partial charge in [0.2, 0.25) is 0 Å². The molecule has 9 heavy (non-hydrogen) atoms. The van der Waals surface area contributed by atoms with Crippen LogP contribution in [-0.2, 0) is 4.79 Å². The number of carbonyl (C=O) groups is 1. The van der Waals surface area contributed by atoms with E-state index in [2.05, 4.69) is 13.0 Å². The van der Waals surface area contributed by atoms with Crippen LogP contribution in [0.1, 0.15) is 19.8 Å². The van der Waals surface area contributed by atoms with E-state index in [0.29, 0.717) is 17.6 Å². The Bertz CT molecular complexity index is 191. The molecule has 48 valence electrons. The first-order valence-corrected chi connectivity index (χ1v) is 3.48. The van der Waals surface area contributed by atoms with Gasteiger partial charge >= 0.3 is 0 Å². The van der Waals surface area contributed by atoms with E-state index in [0.717, 1.165) is 12.8 Å². The van der Waals surface area contributed by atoms with Crippen LogP contribution in [0.25, 0.3) is 0 Å². The van der Waals surface area contributed by atoms with Crippen LogP contribution in [0.2, 0.25) is 0 Å². The Morgan fingerprint density at radius 1 is 1.67 bits per heavy atom. The molecule has 0 aromatic heterocycles. The maximum absolute atomic E-state index is 10.9. The number of carbonyl (C=O) groups excluding carboxylic acids is 1. The van der Waals surface area contributed by atoms with Crippen LogP contribution >= 0.6 is 0 Å². The van der Waals surface area contributed by atoms with Crippen LogP contribution in [0.15, 0.2) is 11.6 Å². The highest BCUT2D eigenvalue weighted by Gasteiger charge is 2.36. The van der Waals surface area contributed by atoms with Crippen molar-refractivity contribution in [3.8, 4) is 0 Å². The molecule has 1 saturated carbocycles. The highest BCUT2D eigenvalue weighted by Crippen LogP contribution is 2.40. The van der Waals surface area contributed by atoms with E-state index in [1.807, 2.05) is 0 Å². The van der Waals surface area contributed by atoms with Crippen molar-refractivity contribution < 1.29 is 4.79 Å². The molecular weight excluding hydrogens is 112 g/mol. The Hall–Kier alpha value is -0.590. The molecule has 2 unspecified atom stereocenters. The number of fused-ring (bicyclic) bond motifs is 2. The number of hydrogen-bond donors (Lipinski definition) is 0. The molecule has 1 fully saturated rings. The summed E-state index contributed by atoms with van der Waals surface area (Å²) in [5.41, 5.74) is 1.44. The van der Waals surface area contributed by atoms with Gasteiger partial charge in [0, 0.05) is 12.3 Å². The maximum Gasteiger partial charge on any atom is 0.140 e. The van der Waals surface area contributed by atoms with Crippen LogP contribution in [0.3, 0.4) is 0 Å². The molecule has 0 N–H and O–H groups in total. The molecule has 0 radical (unpaired) electrons. The molecule has 2 bridgehead atoms. The summed E-state index contributed by atoms with van der Waals surface area (Å²) in [5, 5.41) is 0. The van der Waals surface area contributed by atoms with Gasteiger partial charge in [0.1, 0.15) is 5.78 Å². The van der Waals surface area contributed by atoms with Gasteiger partial charge in [0.25, 0.3) is 0 Å². The van der Waals surface area contributed by atoms with Gasteiger partial charge in [-0.15, -0.1) is 0 Å². The van der Waals surface area contributed by atoms with Gasteiger partial charge in [-0.2, -0.15) is 0 Å². The molecule has 0 aromatic carbocycles. The number of rotatable bonds is 0. The quantitative estimate of drug-likeness (QED) is 0.445. The van der Waals surface area contributed by atoms with E-state index in [9.17, 15) is 4.79 Å². The second-order valence-electron chi connectivity index (χ2n) is 3.12. The van der Waals surface area contributed by atoms with Crippen molar-refractivity contribution in [3.63, 3.8) is 0 Å². The third kappa shape index (κ3) is 0.576. The molecule has 0 aliphatic heterocycles. The van der Waals surface area contributed by atoms with E-state index >= 15 is 0 Å². The Balaban J connectivity index is 2.35. The van der Waals surface area contributed by atoms with Crippen molar-refractivity contribution in [2.75, 3.05) is 0 Å². The summed E-state index contributed by atoms with van der Waals surface area (Å²) in [5.74, 6) is 1.41. The minimum absolute atomic E-state index is 0.315. The van der Waals surface area contributed by atoms with Gasteiger partial charge < -0.3 is 0 Å². The van der Waals surface area contributed by atoms with Crippen LogP contribution in [0.5, 0.6) is 0 Å². The van der Waals surface area contributed by atoms with Crippen LogP contribution in [0, 0.1) is 11.8 Å². The molecule has 0 saturated heterocycles. The minimum atomic E-state index is 0.315. The molecule has 2 rings (SSSR count). The molecule has 2 aliphatic carbocycles. The lowest BCUT2D eigenvalue weighted by Gasteiger charge is -2.05. The van der Waals surface area contributed by atoms with Crippen molar-refractivity contribution in [1.29, 1.82) is 0 Å². The normalized spacial score (nSPS) is 39.7. The summed E-state index contributed by atoms with van der Waals surface area (Å²) in [6.07, 6.45) is 4.08. The van der Waals surface area contributed by atoms with Gasteiger partial charge in [-0.05, 0) is 19.3 Å². The SMILES string of the molecule is CC1=CC2CC1CC2=O. The third-order valence-corrected chi connectivity index (χ3v) is 2.51. The highest BCUT2D eigenvalue weighted by molar-refractivity contribution is 5.87. The average molecular weight is 122 g/mol. The molecule has 2 aliphatic rings. The largest absolute Gasteiger partial charge is 0.299 e. The van der Waals surface area contributed by atoms with Crippen molar-refractivity contribution in [2.45, 2.75) is 19.8 Å². The summed E-state index contributed by atoms with van der Waals surface area (Å²) in [4.78, 5) is 10.9. The molecule has 2 atom stereocenters. The van der Waals surface area contributed by atoms with Gasteiger partial charge in [-0.3, -0.25) is 4.79 Å². The topological polar surface area (TPSA) is 17.1 Å². The van der Waals surface area contributed by atoms with Crippen molar-refractivity contribution in [2.24, 2.45) is 11.8 Å². The first-order valence-electron chi connectivity index (χ1n) is 3.48. The second-order valence-corrected chi connectivity index (χ2v) is 3.12. The fourth-order valence-corrected chi connectivity index (χ4v) is 1.88. The molecule has 1 heteroatoms. The van der Waals surface area contributed by atoms with Crippen molar-refractivity contribution in [1.82, 2.24) is 0 Å². The number of ketones is 1. The van der Waals surface area contributed by atoms with Gasteiger partial charge in [0.15, 0.2) is 0 Å². The van der Waals surface area contributed by atoms with E-state index < -0.39 is 0 Å². The minimum Gasteiger partial charge on any atom is -0.299 e. The Labute approximate surface area is 54.8 Å². The fourth-order valence-electron chi connectivity index (χ4n) is 1.88. The fraction of sp³-hybridized carbons (Fsp3) is 0.625. The summed E-state index contributed by atoms with van der Waals surface area (Å²) in [7, 11) is 0. The van der Waals surface area contributed by atoms with Gasteiger partial charge in [-0.1, -0.05) is 11.6 Å². The van der Waals surface area contributed by atoms with Crippen molar-refractivity contribution >= 4 is 5.78 Å². The zero-order valence-electron chi connectivity index (χ0n) is 5.55. The zero-order chi connectivity index (χ0) is 6.43. The van der Waals surface area contributed by atoms with E-state index in [1.165, 1.54) is 5.57 Å². The Morgan fingerprint density at radius 2 is 2.44 bits per heavy atom. The third-order valence-electron chi connectivity index (χ3n) is 2.51. The van der Waals surface area contributed by atoms with Gasteiger partial charge in [0.05, 0.1) is 0 Å². The number of allylic oxidation sites excluding steroid dienone is 2. The predicted molar refractivity (Wildman–Crippen MR) is 35.0 cm³/mol. The summed E-state index contributed by atoms with van der Waals surface area (Å²) < 4.78 is 0. The monoisotopic (exact) mass is 122 g/mol. The average Bonchev–Trinajstić information content (AvgIpc) is 2.24. The lowest BCUT2D eigenvalue weighted by molar-refractivity contribution is -0.119. The van der Waals surface area contributed by atoms with Crippen LogP contribution < -0.4 is 0 Å². The molecule has 1 nitrogen and oxygen atoms in total. The Morgan fingerprint density at radius 3 is 2.78 bits per heavy atom. The molecule has 0 spiro atoms. The Kier molecular flexibility index (Phi) is 0.850. The predicted octanol–water partition coefficient (Wildman–Crippen LogP) is 1.54. The van der Waals surface area contributed by atoms with E-state index in [-0.39, 0.29) is 0 Å². The first-order chi connectivity index (χ1) is 4.27. The van der Waals surface area contributed by atoms with Crippen LogP contribution in [0.4, 0.5) is 0 Å². The second kappa shape index (κ2) is 1.47. The van der Waals surface area contributed by atoms with Crippen LogP contribution in [-0.4, -0.2) is 5.78 Å². The summed E-state index contributed by atoms with van der Waals surface area (Å²) in [6.45, 7) is 2.14. The number of hydrogen-bond acceptors (Lipinski definition) is 1. The molecule has 0 aromatic rings. The maximum atomic E-state index is 10.9. The smallest absolute Gasteiger partial charge is 0.140 e. The summed E-state index contributed by atoms with van der Waals surface area (Å²) >= 11 is 0. The highest BCUT2D eigenvalue weighted by atomic mass is 16.1. The molecular formula is C8H10O. The lowest BCUT2D eigenvalue weighted by atomic mass is 10.00. The lowest BCUT2D eigenvalue weighted by Crippen LogP contribution is -2.05. The van der Waals surface area contributed by atoms with Gasteiger partial charge in [-0.25, -0.2) is 0 Å². The van der Waals surface area contributed by atoms with E-state index in [4.69, 9.17) is 0 Å². The zero-order valence-corrected chi connectivity index (χ0v) is 5.55. The summed E-state index contributed by atoms with van der Waals surface area (Å²) in [6, 6.07) is 0. The standard InChI is InChI=1S/C8H10O/c1-5-2-7-3-6(5)4-8(7)9/h2,6-7H,3-4H2,1H3. The van der Waals surface area contributed by atoms with Crippen molar-refractivity contribution in [3.05, 3.63) is 11.6 Å². The molecule has 0 amide bonds. The number of Topliss-reactive ketones (excluding diaryl/α,β-unsaturated/α-hetero) is 1. The first kappa shape index (κ1) is 5.21. The van der Waals surface area contributed by atoms with E-state index in [1.54, 1.807) is 0 Å².